The number of amides is 1. The maximum Gasteiger partial charge on any atom is 0.267 e. The van der Waals surface area contributed by atoms with Crippen LogP contribution in [0.5, 0.6) is 0 Å². The van der Waals surface area contributed by atoms with E-state index in [2.05, 4.69) is 21.8 Å². The van der Waals surface area contributed by atoms with Crippen LogP contribution in [0.1, 0.15) is 34.7 Å². The van der Waals surface area contributed by atoms with Crippen LogP contribution in [-0.4, -0.2) is 38.7 Å². The molecule has 0 spiro atoms. The molecule has 1 saturated heterocycles. The normalized spacial score (nSPS) is 15.5. The Bertz CT molecular complexity index is 1160. The van der Waals surface area contributed by atoms with Gasteiger partial charge in [0.1, 0.15) is 0 Å². The summed E-state index contributed by atoms with van der Waals surface area (Å²) in [7, 11) is -3.27. The predicted molar refractivity (Wildman–Crippen MR) is 113 cm³/mol. The Morgan fingerprint density at radius 1 is 1.10 bits per heavy atom. The second-order valence-electron chi connectivity index (χ2n) is 7.48. The predicted octanol–water partition coefficient (Wildman–Crippen LogP) is 2.31. The van der Waals surface area contributed by atoms with Crippen molar-refractivity contribution in [2.24, 2.45) is 5.84 Å². The smallest absolute Gasteiger partial charge is 0.267 e. The molecule has 7 nitrogen and oxygen atoms in total. The highest BCUT2D eigenvalue weighted by Gasteiger charge is 2.22. The molecule has 2 aromatic carbocycles. The third-order valence-electron chi connectivity index (χ3n) is 5.59. The van der Waals surface area contributed by atoms with Crippen LogP contribution in [0.4, 0.5) is 0 Å². The van der Waals surface area contributed by atoms with Crippen LogP contribution >= 0.6 is 0 Å². The molecule has 1 aromatic heterocycles. The maximum absolute atomic E-state index is 12.4. The Morgan fingerprint density at radius 3 is 2.41 bits per heavy atom. The lowest BCUT2D eigenvalue weighted by molar-refractivity contribution is 0.0955. The molecule has 2 heterocycles. The molecule has 8 heteroatoms. The lowest BCUT2D eigenvalue weighted by Gasteiger charge is -2.22. The standard InChI is InChI=1S/C21H24N4O3S/c1-29(27,28)16-4-2-13(3-5-16)15-10-17-19(14-6-8-23-9-7-14)12-24-20(17)18(11-15)21(26)25-22/h2-5,10-12,14,23-24H,6-9,22H2,1H3,(H,25,26). The number of benzene rings is 2. The van der Waals surface area contributed by atoms with Gasteiger partial charge in [-0.1, -0.05) is 12.1 Å². The van der Waals surface area contributed by atoms with Crippen LogP contribution in [0.2, 0.25) is 0 Å². The molecule has 1 aliphatic heterocycles. The minimum atomic E-state index is -3.27. The van der Waals surface area contributed by atoms with E-state index in [0.717, 1.165) is 48.0 Å². The number of hydrazine groups is 1. The highest BCUT2D eigenvalue weighted by molar-refractivity contribution is 7.90. The topological polar surface area (TPSA) is 117 Å². The van der Waals surface area contributed by atoms with Gasteiger partial charge in [0.25, 0.3) is 5.91 Å². The molecule has 152 valence electrons. The van der Waals surface area contributed by atoms with Crippen molar-refractivity contribution in [3.05, 3.63) is 53.7 Å². The van der Waals surface area contributed by atoms with E-state index in [1.807, 2.05) is 6.20 Å². The van der Waals surface area contributed by atoms with Crippen LogP contribution in [0.25, 0.3) is 22.0 Å². The third-order valence-corrected chi connectivity index (χ3v) is 6.72. The van der Waals surface area contributed by atoms with E-state index in [4.69, 9.17) is 5.84 Å². The summed E-state index contributed by atoms with van der Waals surface area (Å²) in [6.07, 6.45) is 5.25. The zero-order chi connectivity index (χ0) is 20.6. The largest absolute Gasteiger partial charge is 0.360 e. The fraction of sp³-hybridized carbons (Fsp3) is 0.286. The van der Waals surface area contributed by atoms with E-state index in [1.165, 1.54) is 11.8 Å². The minimum Gasteiger partial charge on any atom is -0.360 e. The van der Waals surface area contributed by atoms with Crippen molar-refractivity contribution < 1.29 is 13.2 Å². The first-order valence-electron chi connectivity index (χ1n) is 9.55. The number of sulfone groups is 1. The van der Waals surface area contributed by atoms with Crippen molar-refractivity contribution in [2.75, 3.05) is 19.3 Å². The summed E-state index contributed by atoms with van der Waals surface area (Å²) >= 11 is 0. The molecule has 0 saturated carbocycles. The second kappa shape index (κ2) is 7.62. The van der Waals surface area contributed by atoms with E-state index in [-0.39, 0.29) is 10.8 Å². The Morgan fingerprint density at radius 2 is 1.79 bits per heavy atom. The molecule has 1 amide bonds. The zero-order valence-corrected chi connectivity index (χ0v) is 17.0. The van der Waals surface area contributed by atoms with Crippen molar-refractivity contribution in [3.63, 3.8) is 0 Å². The van der Waals surface area contributed by atoms with Crippen molar-refractivity contribution in [1.82, 2.24) is 15.7 Å². The van der Waals surface area contributed by atoms with Crippen LogP contribution in [0, 0.1) is 0 Å². The number of carbonyl (C=O) groups is 1. The Balaban J connectivity index is 1.86. The van der Waals surface area contributed by atoms with Gasteiger partial charge in [-0.25, -0.2) is 14.3 Å². The van der Waals surface area contributed by atoms with Gasteiger partial charge in [0, 0.05) is 17.8 Å². The molecular weight excluding hydrogens is 388 g/mol. The average molecular weight is 413 g/mol. The number of H-pyrrole nitrogens is 1. The molecule has 1 fully saturated rings. The molecule has 0 bridgehead atoms. The molecule has 1 aliphatic rings. The summed E-state index contributed by atoms with van der Waals surface area (Å²) in [5.74, 6) is 5.46. The van der Waals surface area contributed by atoms with E-state index < -0.39 is 9.84 Å². The fourth-order valence-electron chi connectivity index (χ4n) is 4.04. The van der Waals surface area contributed by atoms with Gasteiger partial charge < -0.3 is 10.3 Å². The number of hydrogen-bond acceptors (Lipinski definition) is 5. The van der Waals surface area contributed by atoms with Gasteiger partial charge in [0.15, 0.2) is 9.84 Å². The van der Waals surface area contributed by atoms with Crippen molar-refractivity contribution in [1.29, 1.82) is 0 Å². The summed E-state index contributed by atoms with van der Waals surface area (Å²) in [6.45, 7) is 1.94. The molecule has 0 unspecified atom stereocenters. The zero-order valence-electron chi connectivity index (χ0n) is 16.2. The monoisotopic (exact) mass is 412 g/mol. The van der Waals surface area contributed by atoms with Gasteiger partial charge in [-0.15, -0.1) is 0 Å². The Hall–Kier alpha value is -2.68. The summed E-state index contributed by atoms with van der Waals surface area (Å²) < 4.78 is 23.5. The van der Waals surface area contributed by atoms with E-state index in [1.54, 1.807) is 30.3 Å². The highest BCUT2D eigenvalue weighted by Crippen LogP contribution is 2.36. The van der Waals surface area contributed by atoms with Crippen molar-refractivity contribution in [2.45, 2.75) is 23.7 Å². The van der Waals surface area contributed by atoms with Gasteiger partial charge in [-0.05, 0) is 72.8 Å². The molecule has 3 aromatic rings. The number of nitrogen functional groups attached to an aromatic ring is 1. The van der Waals surface area contributed by atoms with Crippen LogP contribution in [0.15, 0.2) is 47.5 Å². The van der Waals surface area contributed by atoms with Crippen LogP contribution in [-0.2, 0) is 9.84 Å². The number of carbonyl (C=O) groups excluding carboxylic acids is 1. The van der Waals surface area contributed by atoms with E-state index >= 15 is 0 Å². The van der Waals surface area contributed by atoms with Gasteiger partial charge >= 0.3 is 0 Å². The second-order valence-corrected chi connectivity index (χ2v) is 9.50. The number of nitrogens with one attached hydrogen (secondary N) is 3. The van der Waals surface area contributed by atoms with Gasteiger partial charge in [-0.2, -0.15) is 0 Å². The third kappa shape index (κ3) is 3.78. The van der Waals surface area contributed by atoms with Crippen molar-refractivity contribution in [3.8, 4) is 11.1 Å². The number of aromatic nitrogens is 1. The lowest BCUT2D eigenvalue weighted by Crippen LogP contribution is -2.30. The highest BCUT2D eigenvalue weighted by atomic mass is 32.2. The van der Waals surface area contributed by atoms with Crippen LogP contribution < -0.4 is 16.6 Å². The van der Waals surface area contributed by atoms with E-state index in [0.29, 0.717) is 11.5 Å². The molecule has 29 heavy (non-hydrogen) atoms. The first-order valence-corrected chi connectivity index (χ1v) is 11.4. The number of aromatic amines is 1. The van der Waals surface area contributed by atoms with Gasteiger partial charge in [0.05, 0.1) is 16.0 Å². The molecule has 0 radical (unpaired) electrons. The minimum absolute atomic E-state index is 0.263. The van der Waals surface area contributed by atoms with Crippen molar-refractivity contribution >= 4 is 26.6 Å². The number of hydrogen-bond donors (Lipinski definition) is 4. The lowest BCUT2D eigenvalue weighted by atomic mass is 9.88. The van der Waals surface area contributed by atoms with E-state index in [9.17, 15) is 13.2 Å². The first kappa shape index (κ1) is 19.6. The first-order chi connectivity index (χ1) is 13.9. The summed E-state index contributed by atoms with van der Waals surface area (Å²) in [4.78, 5) is 16.0. The van der Waals surface area contributed by atoms with Gasteiger partial charge in [0.2, 0.25) is 0 Å². The quantitative estimate of drug-likeness (QED) is 0.298. The van der Waals surface area contributed by atoms with Crippen LogP contribution in [0.3, 0.4) is 0 Å². The maximum atomic E-state index is 12.4. The summed E-state index contributed by atoms with van der Waals surface area (Å²) in [5.41, 5.74) is 6.32. The molecule has 4 rings (SSSR count). The SMILES string of the molecule is CS(=O)(=O)c1ccc(-c2cc(C(=O)NN)c3[nH]cc(C4CCNCC4)c3c2)cc1. The molecule has 0 aliphatic carbocycles. The Kier molecular flexibility index (Phi) is 5.16. The number of rotatable bonds is 4. The summed E-state index contributed by atoms with van der Waals surface area (Å²) in [5, 5.41) is 4.38. The molecule has 0 atom stereocenters. The molecular formula is C21H24N4O3S. The molecule has 5 N–H and O–H groups in total. The average Bonchev–Trinajstić information content (AvgIpc) is 3.16. The number of piperidine rings is 1. The summed E-state index contributed by atoms with van der Waals surface area (Å²) in [6, 6.07) is 10.5. The fourth-order valence-corrected chi connectivity index (χ4v) is 4.67. The number of nitrogens with two attached hydrogens (primary N) is 1. The number of fused-ring (bicyclic) bond motifs is 1. The Labute approximate surface area is 169 Å². The van der Waals surface area contributed by atoms with Gasteiger partial charge in [-0.3, -0.25) is 10.2 Å².